The van der Waals surface area contributed by atoms with Gasteiger partial charge in [-0.1, -0.05) is 43.6 Å². The van der Waals surface area contributed by atoms with Crippen molar-refractivity contribution in [2.75, 3.05) is 6.73 Å². The fourth-order valence-electron chi connectivity index (χ4n) is 3.88. The number of unbranched alkanes of at least 4 members (excludes halogenated alkanes) is 2. The highest BCUT2D eigenvalue weighted by atomic mass is 16.5. The van der Waals surface area contributed by atoms with Gasteiger partial charge in [-0.25, -0.2) is 4.79 Å². The minimum atomic E-state index is -0.0957. The Balaban J connectivity index is 2.46. The lowest BCUT2D eigenvalue weighted by Crippen LogP contribution is -2.18. The van der Waals surface area contributed by atoms with Gasteiger partial charge < -0.3 is 9.84 Å². The molecule has 0 radical (unpaired) electrons. The quantitative estimate of drug-likeness (QED) is 0.258. The number of hydrogen-bond acceptors (Lipinski definition) is 4. The van der Waals surface area contributed by atoms with Crippen molar-refractivity contribution in [2.45, 2.75) is 65.2 Å². The van der Waals surface area contributed by atoms with Crippen LogP contribution in [0.2, 0.25) is 0 Å². The lowest BCUT2D eigenvalue weighted by molar-refractivity contribution is 0.317. The first-order valence-corrected chi connectivity index (χ1v) is 9.82. The van der Waals surface area contributed by atoms with E-state index in [9.17, 15) is 9.90 Å². The average Bonchev–Trinajstić information content (AvgIpc) is 2.61. The Hall–Kier alpha value is -2.32. The Morgan fingerprint density at radius 1 is 1.41 bits per heavy atom. The lowest BCUT2D eigenvalue weighted by atomic mass is 9.73. The summed E-state index contributed by atoms with van der Waals surface area (Å²) in [5, 5.41) is 10.9. The Morgan fingerprint density at radius 2 is 2.19 bits per heavy atom. The molecular weight excluding hydrogens is 338 g/mol. The van der Waals surface area contributed by atoms with Gasteiger partial charge in [0.05, 0.1) is 0 Å². The zero-order valence-electron chi connectivity index (χ0n) is 16.8. The van der Waals surface area contributed by atoms with Crippen LogP contribution in [-0.2, 0) is 11.2 Å². The summed E-state index contributed by atoms with van der Waals surface area (Å²) >= 11 is 0. The van der Waals surface area contributed by atoms with E-state index in [4.69, 9.17) is 4.74 Å². The van der Waals surface area contributed by atoms with E-state index in [1.807, 2.05) is 19.1 Å². The van der Waals surface area contributed by atoms with E-state index in [1.54, 1.807) is 0 Å². The van der Waals surface area contributed by atoms with Gasteiger partial charge in [-0.2, -0.15) is 4.99 Å². The van der Waals surface area contributed by atoms with Crippen LogP contribution in [0.15, 0.2) is 40.9 Å². The molecule has 0 unspecified atom stereocenters. The second kappa shape index (κ2) is 10.1. The number of nitrogens with zero attached hydrogens (tertiary/aromatic N) is 1. The number of allylic oxidation sites excluding steroid dienone is 3. The third-order valence-electron chi connectivity index (χ3n) is 5.31. The Bertz CT molecular complexity index is 744. The van der Waals surface area contributed by atoms with Crippen molar-refractivity contribution < 1.29 is 14.6 Å². The van der Waals surface area contributed by atoms with E-state index in [0.29, 0.717) is 5.75 Å². The topological polar surface area (TPSA) is 58.9 Å². The van der Waals surface area contributed by atoms with Crippen LogP contribution in [0.1, 0.15) is 69.9 Å². The molecule has 1 aliphatic carbocycles. The number of aromatic hydroxyl groups is 1. The van der Waals surface area contributed by atoms with Crippen molar-refractivity contribution in [3.8, 4) is 11.5 Å². The van der Waals surface area contributed by atoms with Gasteiger partial charge in [0.2, 0.25) is 6.08 Å². The molecule has 0 amide bonds. The Kier molecular flexibility index (Phi) is 7.87. The van der Waals surface area contributed by atoms with Crippen molar-refractivity contribution in [1.82, 2.24) is 0 Å². The number of phenols is 1. The summed E-state index contributed by atoms with van der Waals surface area (Å²) in [6.07, 6.45) is 10.0. The van der Waals surface area contributed by atoms with Crippen LogP contribution < -0.4 is 4.74 Å². The van der Waals surface area contributed by atoms with Gasteiger partial charge in [-0.3, -0.25) is 0 Å². The maximum absolute atomic E-state index is 10.9. The largest absolute Gasteiger partial charge is 0.507 e. The highest BCUT2D eigenvalue weighted by Gasteiger charge is 2.30. The van der Waals surface area contributed by atoms with Crippen molar-refractivity contribution >= 4 is 6.08 Å². The Morgan fingerprint density at radius 3 is 2.85 bits per heavy atom. The van der Waals surface area contributed by atoms with Gasteiger partial charge in [-0.15, -0.1) is 0 Å². The van der Waals surface area contributed by atoms with E-state index < -0.39 is 0 Å². The molecule has 0 spiro atoms. The number of ether oxygens (including phenoxy) is 1. The van der Waals surface area contributed by atoms with Crippen LogP contribution in [0.3, 0.4) is 0 Å². The van der Waals surface area contributed by atoms with E-state index in [1.165, 1.54) is 11.7 Å². The van der Waals surface area contributed by atoms with E-state index in [0.717, 1.165) is 55.2 Å². The predicted molar refractivity (Wildman–Crippen MR) is 109 cm³/mol. The minimum absolute atomic E-state index is 0.0103. The average molecular weight is 370 g/mol. The molecule has 0 fully saturated rings. The molecule has 0 aromatic heterocycles. The van der Waals surface area contributed by atoms with Crippen molar-refractivity contribution in [3.63, 3.8) is 0 Å². The zero-order chi connectivity index (χ0) is 19.8. The highest BCUT2D eigenvalue weighted by Crippen LogP contribution is 2.47. The summed E-state index contributed by atoms with van der Waals surface area (Å²) in [6, 6.07) is 3.84. The predicted octanol–water partition coefficient (Wildman–Crippen LogP) is 5.81. The van der Waals surface area contributed by atoms with Crippen molar-refractivity contribution in [2.24, 2.45) is 10.9 Å². The molecule has 1 aromatic rings. The number of carbonyl (C=O) groups excluding carboxylic acids is 1. The van der Waals surface area contributed by atoms with Gasteiger partial charge in [-0.05, 0) is 63.1 Å². The maximum atomic E-state index is 10.9. The van der Waals surface area contributed by atoms with Crippen LogP contribution in [0, 0.1) is 5.92 Å². The molecule has 1 N–H and O–H groups in total. The molecule has 0 heterocycles. The summed E-state index contributed by atoms with van der Waals surface area (Å²) in [5.74, 6) is 1.11. The molecule has 4 nitrogen and oxygen atoms in total. The SMILES string of the molecule is C=C(C)[C@@H]1CCC(C)=C[C@H]1c1c(O)cc(CCCCC)cc1OCN=C=O. The van der Waals surface area contributed by atoms with Gasteiger partial charge in [0.25, 0.3) is 0 Å². The van der Waals surface area contributed by atoms with Crippen LogP contribution >= 0.6 is 0 Å². The molecule has 146 valence electrons. The lowest BCUT2D eigenvalue weighted by Gasteiger charge is -2.32. The van der Waals surface area contributed by atoms with Crippen LogP contribution in [0.5, 0.6) is 11.5 Å². The number of aryl methyl sites for hydroxylation is 1. The van der Waals surface area contributed by atoms with Gasteiger partial charge in [0, 0.05) is 11.5 Å². The first kappa shape index (κ1) is 21.0. The zero-order valence-corrected chi connectivity index (χ0v) is 16.8. The number of hydrogen-bond donors (Lipinski definition) is 1. The third-order valence-corrected chi connectivity index (χ3v) is 5.31. The van der Waals surface area contributed by atoms with Crippen molar-refractivity contribution in [1.29, 1.82) is 0 Å². The Labute approximate surface area is 162 Å². The standard InChI is InChI=1S/C23H31NO3/c1-5-6-7-8-18-12-21(26)23(22(13-18)27-15-24-14-25)20-11-17(4)9-10-19(20)16(2)3/h11-13,19-20,26H,2,5-10,15H2,1,3-4H3/t19-,20+/m0/s1. The monoisotopic (exact) mass is 369 g/mol. The molecular formula is C23H31NO3. The molecule has 0 saturated carbocycles. The normalized spacial score (nSPS) is 19.1. The molecule has 1 aromatic carbocycles. The first-order chi connectivity index (χ1) is 13.0. The summed E-state index contributed by atoms with van der Waals surface area (Å²) in [6.45, 7) is 10.4. The third kappa shape index (κ3) is 5.58. The van der Waals surface area contributed by atoms with Crippen LogP contribution in [0.25, 0.3) is 0 Å². The highest BCUT2D eigenvalue weighted by molar-refractivity contribution is 5.52. The molecule has 2 rings (SSSR count). The molecule has 0 saturated heterocycles. The molecule has 4 heteroatoms. The molecule has 27 heavy (non-hydrogen) atoms. The fourth-order valence-corrected chi connectivity index (χ4v) is 3.88. The molecule has 2 atom stereocenters. The fraction of sp³-hybridized carbons (Fsp3) is 0.522. The summed E-state index contributed by atoms with van der Waals surface area (Å²) in [5.41, 5.74) is 4.22. The van der Waals surface area contributed by atoms with Crippen LogP contribution in [-0.4, -0.2) is 17.9 Å². The second-order valence-corrected chi connectivity index (χ2v) is 7.54. The smallest absolute Gasteiger partial charge is 0.238 e. The number of benzene rings is 1. The van der Waals surface area contributed by atoms with Gasteiger partial charge in [0.15, 0.2) is 6.73 Å². The van der Waals surface area contributed by atoms with Crippen LogP contribution in [0.4, 0.5) is 0 Å². The maximum Gasteiger partial charge on any atom is 0.238 e. The second-order valence-electron chi connectivity index (χ2n) is 7.54. The number of aliphatic imine (C=N–C) groups is 1. The number of rotatable bonds is 9. The van der Waals surface area contributed by atoms with Gasteiger partial charge >= 0.3 is 0 Å². The van der Waals surface area contributed by atoms with E-state index >= 15 is 0 Å². The number of isocyanates is 1. The van der Waals surface area contributed by atoms with E-state index in [2.05, 4.69) is 31.5 Å². The molecule has 0 aliphatic heterocycles. The van der Waals surface area contributed by atoms with E-state index in [-0.39, 0.29) is 24.3 Å². The first-order valence-electron chi connectivity index (χ1n) is 9.82. The van der Waals surface area contributed by atoms with Gasteiger partial charge in [0.1, 0.15) is 11.5 Å². The minimum Gasteiger partial charge on any atom is -0.507 e. The number of phenolic OH excluding ortho intramolecular Hbond substituents is 1. The molecule has 0 bridgehead atoms. The summed E-state index contributed by atoms with van der Waals surface area (Å²) in [7, 11) is 0. The summed E-state index contributed by atoms with van der Waals surface area (Å²) in [4.78, 5) is 13.9. The summed E-state index contributed by atoms with van der Waals surface area (Å²) < 4.78 is 5.77. The van der Waals surface area contributed by atoms with Crippen molar-refractivity contribution in [3.05, 3.63) is 47.1 Å². The molecule has 1 aliphatic rings.